The number of rotatable bonds is 6. The van der Waals surface area contributed by atoms with Crippen molar-refractivity contribution >= 4 is 54.5 Å². The molecule has 0 saturated carbocycles. The van der Waals surface area contributed by atoms with Gasteiger partial charge in [-0.3, -0.25) is 4.57 Å². The molecule has 0 aliphatic rings. The molecule has 3 heteroatoms. The van der Waals surface area contributed by atoms with Crippen LogP contribution in [0.3, 0.4) is 0 Å². The topological polar surface area (TPSA) is 31.0 Å². The third kappa shape index (κ3) is 5.07. The second-order valence-electron chi connectivity index (χ2n) is 14.8. The molecule has 0 aliphatic heterocycles. The Morgan fingerprint density at radius 1 is 0.556 bits per heavy atom. The first-order valence-electron chi connectivity index (χ1n) is 21.1. The molecule has 260 valence electrons. The Bertz CT molecular complexity index is 3290. The number of benzene rings is 8. The maximum Gasteiger partial charge on any atom is 0.149 e. The average molecular weight is 702 g/mol. The fraction of sp³-hybridized carbons (Fsp3) is 0.118. The summed E-state index contributed by atoms with van der Waals surface area (Å²) in [6, 6.07) is 42.2. The molecular formula is C51H40N2O. The van der Waals surface area contributed by atoms with Crippen molar-refractivity contribution in [2.75, 3.05) is 0 Å². The molecule has 0 bridgehead atoms. The van der Waals surface area contributed by atoms with Gasteiger partial charge in [-0.2, -0.15) is 0 Å². The van der Waals surface area contributed by atoms with Crippen molar-refractivity contribution in [2.24, 2.45) is 0 Å². The lowest BCUT2D eigenvalue weighted by Gasteiger charge is -2.24. The Balaban J connectivity index is 1.25. The fourth-order valence-electron chi connectivity index (χ4n) is 8.21. The van der Waals surface area contributed by atoms with E-state index in [1.807, 2.05) is 42.5 Å². The largest absolute Gasteiger partial charge is 0.455 e. The van der Waals surface area contributed by atoms with E-state index in [0.29, 0.717) is 11.1 Å². The van der Waals surface area contributed by atoms with Gasteiger partial charge in [0, 0.05) is 10.8 Å². The Kier molecular flexibility index (Phi) is 6.35. The van der Waals surface area contributed by atoms with Crippen LogP contribution in [0.15, 0.2) is 162 Å². The summed E-state index contributed by atoms with van der Waals surface area (Å²) >= 11 is 0. The highest BCUT2D eigenvalue weighted by molar-refractivity contribution is 6.20. The SMILES string of the molecule is [2H]c1c([2H])c([2H])c(-c2cc3cc4oc5c(-c6nc7ccccc7n6-c6c(C(C)C)cc(-c7ccccc7)cc6C(C)C)cccc5c4cc3c3ccccc23)c([2H])c1[2H]. The van der Waals surface area contributed by atoms with E-state index in [0.717, 1.165) is 66.0 Å². The summed E-state index contributed by atoms with van der Waals surface area (Å²) in [5, 5.41) is 5.46. The normalized spacial score (nSPS) is 13.3. The van der Waals surface area contributed by atoms with Gasteiger partial charge in [0.05, 0.1) is 29.1 Å². The van der Waals surface area contributed by atoms with Crippen molar-refractivity contribution in [3.05, 3.63) is 169 Å². The lowest BCUT2D eigenvalue weighted by atomic mass is 9.88. The summed E-state index contributed by atoms with van der Waals surface area (Å²) in [6.07, 6.45) is 0. The molecule has 3 nitrogen and oxygen atoms in total. The zero-order chi connectivity index (χ0) is 40.9. The van der Waals surface area contributed by atoms with E-state index in [1.165, 1.54) is 22.3 Å². The lowest BCUT2D eigenvalue weighted by Crippen LogP contribution is -2.09. The Hall–Kier alpha value is -6.45. The third-order valence-electron chi connectivity index (χ3n) is 10.8. The molecule has 10 aromatic rings. The summed E-state index contributed by atoms with van der Waals surface area (Å²) in [4.78, 5) is 5.36. The van der Waals surface area contributed by atoms with E-state index in [4.69, 9.17) is 16.3 Å². The van der Waals surface area contributed by atoms with Crippen LogP contribution < -0.4 is 0 Å². The van der Waals surface area contributed by atoms with Crippen LogP contribution in [0.25, 0.3) is 93.8 Å². The molecule has 0 atom stereocenters. The predicted octanol–water partition coefficient (Wildman–Crippen LogP) is 14.5. The van der Waals surface area contributed by atoms with E-state index in [1.54, 1.807) is 0 Å². The van der Waals surface area contributed by atoms with Crippen molar-refractivity contribution in [1.29, 1.82) is 0 Å². The highest BCUT2D eigenvalue weighted by atomic mass is 16.3. The summed E-state index contributed by atoms with van der Waals surface area (Å²) in [5.74, 6) is 1.24. The van der Waals surface area contributed by atoms with E-state index < -0.39 is 6.04 Å². The Labute approximate surface area is 322 Å². The lowest BCUT2D eigenvalue weighted by molar-refractivity contribution is 0.670. The molecule has 0 radical (unpaired) electrons. The smallest absolute Gasteiger partial charge is 0.149 e. The standard InChI is InChI=1S/C51H40N2O/c1-31(2)41-26-35(33-16-7-5-8-17-33)27-42(32(3)4)49(41)53-47-25-14-13-24-46(47)52-51(53)40-23-15-22-39-45-30-44-36(29-48(45)54-50(39)40)28-43(34-18-9-6-10-19-34)37-20-11-12-21-38(37)44/h5-32H,1-4H3/i6D,9D,10D,18D,19D. The molecule has 0 fully saturated rings. The number of aromatic nitrogens is 2. The van der Waals surface area contributed by atoms with Gasteiger partial charge >= 0.3 is 0 Å². The summed E-state index contributed by atoms with van der Waals surface area (Å²) < 4.78 is 51.9. The van der Waals surface area contributed by atoms with E-state index in [9.17, 15) is 0 Å². The number of hydrogen-bond acceptors (Lipinski definition) is 2. The second kappa shape index (κ2) is 12.6. The van der Waals surface area contributed by atoms with Crippen LogP contribution in [-0.4, -0.2) is 9.55 Å². The van der Waals surface area contributed by atoms with Crippen LogP contribution in [0.4, 0.5) is 0 Å². The van der Waals surface area contributed by atoms with Crippen LogP contribution in [-0.2, 0) is 0 Å². The molecule has 0 N–H and O–H groups in total. The quantitative estimate of drug-likeness (QED) is 0.162. The van der Waals surface area contributed by atoms with Gasteiger partial charge in [0.25, 0.3) is 0 Å². The summed E-state index contributed by atoms with van der Waals surface area (Å²) in [6.45, 7) is 9.03. The summed E-state index contributed by atoms with van der Waals surface area (Å²) in [5.41, 5.74) is 11.0. The first-order chi connectivity index (χ1) is 28.5. The van der Waals surface area contributed by atoms with Crippen LogP contribution in [0.1, 0.15) is 57.5 Å². The minimum atomic E-state index is -0.410. The molecule has 0 amide bonds. The predicted molar refractivity (Wildman–Crippen MR) is 228 cm³/mol. The van der Waals surface area contributed by atoms with Crippen molar-refractivity contribution in [1.82, 2.24) is 9.55 Å². The van der Waals surface area contributed by atoms with Crippen LogP contribution in [0.5, 0.6) is 0 Å². The fourth-order valence-corrected chi connectivity index (χ4v) is 8.21. The number of para-hydroxylation sites is 3. The third-order valence-corrected chi connectivity index (χ3v) is 10.8. The molecule has 0 saturated heterocycles. The first-order valence-corrected chi connectivity index (χ1v) is 18.6. The van der Waals surface area contributed by atoms with Crippen molar-refractivity contribution in [3.8, 4) is 39.3 Å². The number of imidazole rings is 1. The van der Waals surface area contributed by atoms with Gasteiger partial charge in [-0.25, -0.2) is 4.98 Å². The van der Waals surface area contributed by atoms with Crippen LogP contribution in [0, 0.1) is 0 Å². The molecular weight excluding hydrogens is 657 g/mol. The maximum absolute atomic E-state index is 8.81. The average Bonchev–Trinajstić information content (AvgIpc) is 3.82. The number of nitrogens with zero attached hydrogens (tertiary/aromatic N) is 2. The minimum absolute atomic E-state index is 0.179. The van der Waals surface area contributed by atoms with Gasteiger partial charge in [0.2, 0.25) is 0 Å². The maximum atomic E-state index is 8.81. The molecule has 8 aromatic carbocycles. The van der Waals surface area contributed by atoms with E-state index in [-0.39, 0.29) is 41.6 Å². The zero-order valence-electron chi connectivity index (χ0n) is 35.6. The number of furan rings is 1. The molecule has 0 aliphatic carbocycles. The second-order valence-corrected chi connectivity index (χ2v) is 14.8. The van der Waals surface area contributed by atoms with Crippen molar-refractivity contribution in [3.63, 3.8) is 0 Å². The molecule has 0 unspecified atom stereocenters. The van der Waals surface area contributed by atoms with Crippen LogP contribution in [0.2, 0.25) is 0 Å². The highest BCUT2D eigenvalue weighted by Crippen LogP contribution is 2.44. The summed E-state index contributed by atoms with van der Waals surface area (Å²) in [7, 11) is 0. The number of fused-ring (bicyclic) bond motifs is 7. The van der Waals surface area contributed by atoms with Gasteiger partial charge in [-0.15, -0.1) is 0 Å². The van der Waals surface area contributed by atoms with Gasteiger partial charge in [0.1, 0.15) is 17.0 Å². The van der Waals surface area contributed by atoms with Crippen molar-refractivity contribution in [2.45, 2.75) is 39.5 Å². The molecule has 0 spiro atoms. The van der Waals surface area contributed by atoms with Gasteiger partial charge in [-0.05, 0) is 115 Å². The molecule has 10 rings (SSSR count). The molecule has 2 aromatic heterocycles. The van der Waals surface area contributed by atoms with Crippen LogP contribution >= 0.6 is 0 Å². The number of hydrogen-bond donors (Lipinski definition) is 0. The van der Waals surface area contributed by atoms with Crippen molar-refractivity contribution < 1.29 is 11.3 Å². The zero-order valence-corrected chi connectivity index (χ0v) is 30.6. The first kappa shape index (κ1) is 27.2. The van der Waals surface area contributed by atoms with Gasteiger partial charge < -0.3 is 4.42 Å². The Morgan fingerprint density at radius 2 is 1.24 bits per heavy atom. The Morgan fingerprint density at radius 3 is 2.00 bits per heavy atom. The van der Waals surface area contributed by atoms with E-state index >= 15 is 0 Å². The monoisotopic (exact) mass is 701 g/mol. The highest BCUT2D eigenvalue weighted by Gasteiger charge is 2.25. The molecule has 54 heavy (non-hydrogen) atoms. The van der Waals surface area contributed by atoms with E-state index in [2.05, 4.69) is 117 Å². The van der Waals surface area contributed by atoms with Gasteiger partial charge in [-0.1, -0.05) is 137 Å². The molecule has 2 heterocycles. The minimum Gasteiger partial charge on any atom is -0.455 e. The van der Waals surface area contributed by atoms with Gasteiger partial charge in [0.15, 0.2) is 0 Å².